The molecule has 5 heteroatoms. The quantitative estimate of drug-likeness (QED) is 0.774. The first-order valence-corrected chi connectivity index (χ1v) is 5.79. The van der Waals surface area contributed by atoms with Crippen LogP contribution in [0, 0.1) is 0 Å². The third-order valence-corrected chi connectivity index (χ3v) is 2.66. The average Bonchev–Trinajstić information content (AvgIpc) is 2.31. The lowest BCUT2D eigenvalue weighted by atomic mass is 10.1. The molecule has 0 saturated carbocycles. The summed E-state index contributed by atoms with van der Waals surface area (Å²) in [5.41, 5.74) is 0.771. The first-order valence-electron chi connectivity index (χ1n) is 5.79. The Morgan fingerprint density at radius 3 is 2.78 bits per heavy atom. The van der Waals surface area contributed by atoms with Gasteiger partial charge in [-0.25, -0.2) is 0 Å². The van der Waals surface area contributed by atoms with E-state index in [1.807, 2.05) is 11.9 Å². The van der Waals surface area contributed by atoms with Crippen molar-refractivity contribution in [2.45, 2.75) is 19.4 Å². The molecule has 0 aliphatic heterocycles. The molecule has 18 heavy (non-hydrogen) atoms. The number of rotatable bonds is 7. The van der Waals surface area contributed by atoms with Gasteiger partial charge < -0.3 is 19.8 Å². The zero-order valence-electron chi connectivity index (χ0n) is 10.7. The second kappa shape index (κ2) is 6.86. The van der Waals surface area contributed by atoms with Crippen LogP contribution in [0.25, 0.3) is 0 Å². The van der Waals surface area contributed by atoms with Crippen LogP contribution in [0.3, 0.4) is 0 Å². The minimum Gasteiger partial charge on any atom is -0.508 e. The summed E-state index contributed by atoms with van der Waals surface area (Å²) in [6, 6.07) is 5.07. The molecular weight excluding hydrogens is 234 g/mol. The summed E-state index contributed by atoms with van der Waals surface area (Å²) in [6.45, 7) is 1.23. The van der Waals surface area contributed by atoms with Crippen LogP contribution in [0.4, 0.5) is 0 Å². The number of phenols is 1. The van der Waals surface area contributed by atoms with Crippen molar-refractivity contribution >= 4 is 5.97 Å². The van der Waals surface area contributed by atoms with Gasteiger partial charge in [-0.3, -0.25) is 4.79 Å². The number of benzene rings is 1. The highest BCUT2D eigenvalue weighted by Crippen LogP contribution is 2.23. The van der Waals surface area contributed by atoms with E-state index in [1.54, 1.807) is 25.3 Å². The number of carboxylic acids is 1. The van der Waals surface area contributed by atoms with Gasteiger partial charge in [0.2, 0.25) is 0 Å². The topological polar surface area (TPSA) is 70.0 Å². The highest BCUT2D eigenvalue weighted by Gasteiger charge is 2.07. The van der Waals surface area contributed by atoms with Crippen molar-refractivity contribution < 1.29 is 19.7 Å². The first-order chi connectivity index (χ1) is 8.52. The molecule has 0 aromatic heterocycles. The van der Waals surface area contributed by atoms with Crippen LogP contribution in [0.15, 0.2) is 18.2 Å². The monoisotopic (exact) mass is 253 g/mol. The standard InChI is InChI=1S/C13H19NO4/c1-14(7-3-4-13(16)17)9-10-8-11(18-2)5-6-12(10)15/h5-6,8,15H,3-4,7,9H2,1-2H3,(H,16,17). The van der Waals surface area contributed by atoms with Gasteiger partial charge in [0.1, 0.15) is 11.5 Å². The Labute approximate surface area is 107 Å². The Kier molecular flexibility index (Phi) is 5.45. The van der Waals surface area contributed by atoms with Crippen molar-refractivity contribution in [1.82, 2.24) is 4.90 Å². The van der Waals surface area contributed by atoms with Crippen molar-refractivity contribution in [2.24, 2.45) is 0 Å². The van der Waals surface area contributed by atoms with Gasteiger partial charge in [-0.2, -0.15) is 0 Å². The smallest absolute Gasteiger partial charge is 0.303 e. The van der Waals surface area contributed by atoms with E-state index in [9.17, 15) is 9.90 Å². The summed E-state index contributed by atoms with van der Waals surface area (Å²) < 4.78 is 5.10. The second-order valence-corrected chi connectivity index (χ2v) is 4.23. The second-order valence-electron chi connectivity index (χ2n) is 4.23. The number of carboxylic acid groups (broad SMARTS) is 1. The van der Waals surface area contributed by atoms with Crippen molar-refractivity contribution in [3.63, 3.8) is 0 Å². The maximum atomic E-state index is 10.4. The molecule has 0 radical (unpaired) electrons. The van der Waals surface area contributed by atoms with Gasteiger partial charge in [0.15, 0.2) is 0 Å². The van der Waals surface area contributed by atoms with E-state index < -0.39 is 5.97 Å². The summed E-state index contributed by atoms with van der Waals surface area (Å²) in [5.74, 6) is 0.134. The molecule has 1 aromatic rings. The summed E-state index contributed by atoms with van der Waals surface area (Å²) in [4.78, 5) is 12.4. The number of aromatic hydroxyl groups is 1. The number of aliphatic carboxylic acids is 1. The third-order valence-electron chi connectivity index (χ3n) is 2.66. The maximum absolute atomic E-state index is 10.4. The maximum Gasteiger partial charge on any atom is 0.303 e. The van der Waals surface area contributed by atoms with E-state index in [1.165, 1.54) is 0 Å². The van der Waals surface area contributed by atoms with Gasteiger partial charge in [-0.15, -0.1) is 0 Å². The van der Waals surface area contributed by atoms with Crippen LogP contribution in [-0.4, -0.2) is 41.8 Å². The summed E-state index contributed by atoms with van der Waals surface area (Å²) in [7, 11) is 3.47. The first kappa shape index (κ1) is 14.3. The third kappa shape index (κ3) is 4.63. The zero-order valence-corrected chi connectivity index (χ0v) is 10.7. The fourth-order valence-corrected chi connectivity index (χ4v) is 1.69. The van der Waals surface area contributed by atoms with E-state index in [0.717, 1.165) is 5.56 Å². The lowest BCUT2D eigenvalue weighted by molar-refractivity contribution is -0.137. The van der Waals surface area contributed by atoms with E-state index in [2.05, 4.69) is 0 Å². The molecule has 0 aliphatic carbocycles. The van der Waals surface area contributed by atoms with Gasteiger partial charge in [0, 0.05) is 18.5 Å². The molecule has 0 bridgehead atoms. The van der Waals surface area contributed by atoms with E-state index in [-0.39, 0.29) is 12.2 Å². The van der Waals surface area contributed by atoms with Crippen LogP contribution in [0.1, 0.15) is 18.4 Å². The molecule has 0 heterocycles. The van der Waals surface area contributed by atoms with Gasteiger partial charge in [-0.1, -0.05) is 0 Å². The molecule has 0 spiro atoms. The largest absolute Gasteiger partial charge is 0.508 e. The summed E-state index contributed by atoms with van der Waals surface area (Å²) in [5, 5.41) is 18.3. The minimum absolute atomic E-state index is 0.161. The molecule has 0 atom stereocenters. The number of hydrogen-bond donors (Lipinski definition) is 2. The lowest BCUT2D eigenvalue weighted by Crippen LogP contribution is -2.19. The number of carbonyl (C=O) groups is 1. The highest BCUT2D eigenvalue weighted by atomic mass is 16.5. The van der Waals surface area contributed by atoms with Crippen molar-refractivity contribution in [3.05, 3.63) is 23.8 Å². The van der Waals surface area contributed by atoms with Gasteiger partial charge in [0.25, 0.3) is 0 Å². The minimum atomic E-state index is -0.785. The Hall–Kier alpha value is -1.75. The molecular formula is C13H19NO4. The summed E-state index contributed by atoms with van der Waals surface area (Å²) in [6.07, 6.45) is 0.755. The number of ether oxygens (including phenoxy) is 1. The molecule has 0 amide bonds. The SMILES string of the molecule is COc1ccc(O)c(CN(C)CCCC(=O)O)c1. The molecule has 0 unspecified atom stereocenters. The highest BCUT2D eigenvalue weighted by molar-refractivity contribution is 5.66. The lowest BCUT2D eigenvalue weighted by Gasteiger charge is -2.17. The fourth-order valence-electron chi connectivity index (χ4n) is 1.69. The Bertz CT molecular complexity index is 406. The van der Waals surface area contributed by atoms with E-state index >= 15 is 0 Å². The van der Waals surface area contributed by atoms with Crippen molar-refractivity contribution in [3.8, 4) is 11.5 Å². The fraction of sp³-hybridized carbons (Fsp3) is 0.462. The number of phenolic OH excluding ortho intramolecular Hbond substituents is 1. The van der Waals surface area contributed by atoms with E-state index in [4.69, 9.17) is 9.84 Å². The number of hydrogen-bond acceptors (Lipinski definition) is 4. The van der Waals surface area contributed by atoms with Gasteiger partial charge in [0.05, 0.1) is 7.11 Å². The predicted molar refractivity (Wildman–Crippen MR) is 67.9 cm³/mol. The molecule has 5 nitrogen and oxygen atoms in total. The van der Waals surface area contributed by atoms with Crippen molar-refractivity contribution in [1.29, 1.82) is 0 Å². The molecule has 1 rings (SSSR count). The van der Waals surface area contributed by atoms with Crippen LogP contribution in [0.5, 0.6) is 11.5 Å². The van der Waals surface area contributed by atoms with Crippen molar-refractivity contribution in [2.75, 3.05) is 20.7 Å². The average molecular weight is 253 g/mol. The molecule has 100 valence electrons. The van der Waals surface area contributed by atoms with Crippen LogP contribution in [0.2, 0.25) is 0 Å². The molecule has 2 N–H and O–H groups in total. The summed E-state index contributed by atoms with van der Waals surface area (Å²) >= 11 is 0. The number of nitrogens with zero attached hydrogens (tertiary/aromatic N) is 1. The molecule has 0 fully saturated rings. The normalized spacial score (nSPS) is 10.6. The van der Waals surface area contributed by atoms with E-state index in [0.29, 0.717) is 25.3 Å². The van der Waals surface area contributed by atoms with Crippen LogP contribution < -0.4 is 4.74 Å². The number of methoxy groups -OCH3 is 1. The molecule has 0 saturated heterocycles. The van der Waals surface area contributed by atoms with Gasteiger partial charge in [-0.05, 0) is 38.2 Å². The van der Waals surface area contributed by atoms with Crippen LogP contribution in [-0.2, 0) is 11.3 Å². The Morgan fingerprint density at radius 1 is 1.44 bits per heavy atom. The predicted octanol–water partition coefficient (Wildman–Crippen LogP) is 1.70. The van der Waals surface area contributed by atoms with Gasteiger partial charge >= 0.3 is 5.97 Å². The zero-order chi connectivity index (χ0) is 13.5. The van der Waals surface area contributed by atoms with Crippen LogP contribution >= 0.6 is 0 Å². The Balaban J connectivity index is 2.52. The molecule has 0 aliphatic rings. The molecule has 1 aromatic carbocycles. The Morgan fingerprint density at radius 2 is 2.17 bits per heavy atom.